The lowest BCUT2D eigenvalue weighted by Gasteiger charge is -2.19. The number of hydrogen-bond donors (Lipinski definition) is 2. The second-order valence-corrected chi connectivity index (χ2v) is 5.78. The zero-order valence-corrected chi connectivity index (χ0v) is 15.5. The third kappa shape index (κ3) is 5.26. The number of guanidine groups is 1. The monoisotopic (exact) mass is 361 g/mol. The highest BCUT2D eigenvalue weighted by molar-refractivity contribution is 6.32. The molecule has 2 aromatic rings. The van der Waals surface area contributed by atoms with Gasteiger partial charge in [0, 0.05) is 25.0 Å². The van der Waals surface area contributed by atoms with E-state index in [1.807, 2.05) is 24.4 Å². The van der Waals surface area contributed by atoms with E-state index in [2.05, 4.69) is 34.0 Å². The van der Waals surface area contributed by atoms with E-state index in [1.165, 1.54) is 0 Å². The molecule has 0 spiro atoms. The molecular weight excluding hydrogens is 338 g/mol. The van der Waals surface area contributed by atoms with Gasteiger partial charge in [-0.05, 0) is 43.7 Å². The van der Waals surface area contributed by atoms with E-state index >= 15 is 0 Å². The molecule has 3 N–H and O–H groups in total. The smallest absolute Gasteiger partial charge is 0.193 e. The van der Waals surface area contributed by atoms with E-state index in [0.29, 0.717) is 23.3 Å². The quantitative estimate of drug-likeness (QED) is 0.583. The fourth-order valence-corrected chi connectivity index (χ4v) is 2.61. The Hall–Kier alpha value is -2.47. The summed E-state index contributed by atoms with van der Waals surface area (Å²) in [5, 5.41) is 3.52. The van der Waals surface area contributed by atoms with Crippen LogP contribution in [-0.4, -0.2) is 31.1 Å². The summed E-state index contributed by atoms with van der Waals surface area (Å²) >= 11 is 6.09. The molecule has 0 aliphatic rings. The lowest BCUT2D eigenvalue weighted by Crippen LogP contribution is -2.23. The standard InChI is InChI=1S/C18H24ClN5O/c1-4-24(5-2)17-9-6-13(11-21-17)12-22-18(20)23-14-7-8-16(25-3)15(19)10-14/h6-11H,4-5,12H2,1-3H3,(H3,20,22,23). The third-order valence-electron chi connectivity index (χ3n) is 3.75. The fourth-order valence-electron chi connectivity index (χ4n) is 2.35. The van der Waals surface area contributed by atoms with Crippen LogP contribution in [0.2, 0.25) is 5.02 Å². The first-order valence-corrected chi connectivity index (χ1v) is 8.55. The van der Waals surface area contributed by atoms with Gasteiger partial charge in [-0.2, -0.15) is 0 Å². The number of ether oxygens (including phenoxy) is 1. The minimum Gasteiger partial charge on any atom is -0.495 e. The molecule has 0 atom stereocenters. The van der Waals surface area contributed by atoms with Gasteiger partial charge in [-0.25, -0.2) is 9.98 Å². The molecule has 0 aliphatic heterocycles. The van der Waals surface area contributed by atoms with E-state index in [1.54, 1.807) is 19.2 Å². The van der Waals surface area contributed by atoms with Crippen LogP contribution in [0.1, 0.15) is 19.4 Å². The minimum atomic E-state index is 0.314. The summed E-state index contributed by atoms with van der Waals surface area (Å²) in [6, 6.07) is 9.36. The summed E-state index contributed by atoms with van der Waals surface area (Å²) in [6.07, 6.45) is 1.83. The van der Waals surface area contributed by atoms with Crippen molar-refractivity contribution in [2.45, 2.75) is 20.4 Å². The van der Waals surface area contributed by atoms with E-state index in [0.717, 1.165) is 30.2 Å². The Kier molecular flexibility index (Phi) is 6.89. The minimum absolute atomic E-state index is 0.314. The number of pyridine rings is 1. The highest BCUT2D eigenvalue weighted by atomic mass is 35.5. The molecule has 0 amide bonds. The largest absolute Gasteiger partial charge is 0.495 e. The number of anilines is 2. The Balaban J connectivity index is 1.97. The fraction of sp³-hybridized carbons (Fsp3) is 0.333. The van der Waals surface area contributed by atoms with Crippen LogP contribution in [0, 0.1) is 0 Å². The topological polar surface area (TPSA) is 75.8 Å². The summed E-state index contributed by atoms with van der Waals surface area (Å²) in [5.41, 5.74) is 7.68. The highest BCUT2D eigenvalue weighted by Crippen LogP contribution is 2.27. The van der Waals surface area contributed by atoms with Gasteiger partial charge in [0.25, 0.3) is 0 Å². The van der Waals surface area contributed by atoms with Crippen molar-refractivity contribution in [3.8, 4) is 5.75 Å². The summed E-state index contributed by atoms with van der Waals surface area (Å²) in [5.74, 6) is 1.90. The number of nitrogens with one attached hydrogen (secondary N) is 1. The predicted octanol–water partition coefficient (Wildman–Crippen LogP) is 3.52. The summed E-state index contributed by atoms with van der Waals surface area (Å²) in [4.78, 5) is 11.0. The first-order chi connectivity index (χ1) is 12.1. The number of rotatable bonds is 7. The van der Waals surface area contributed by atoms with Gasteiger partial charge in [0.2, 0.25) is 0 Å². The molecular formula is C18H24ClN5O. The van der Waals surface area contributed by atoms with Crippen molar-refractivity contribution in [3.63, 3.8) is 0 Å². The molecule has 1 heterocycles. The number of aromatic nitrogens is 1. The van der Waals surface area contributed by atoms with Gasteiger partial charge in [0.15, 0.2) is 5.96 Å². The van der Waals surface area contributed by atoms with E-state index in [4.69, 9.17) is 22.1 Å². The number of hydrogen-bond acceptors (Lipinski definition) is 4. The average molecular weight is 362 g/mol. The Labute approximate surface area is 153 Å². The van der Waals surface area contributed by atoms with Gasteiger partial charge in [0.1, 0.15) is 11.6 Å². The predicted molar refractivity (Wildman–Crippen MR) is 105 cm³/mol. The maximum absolute atomic E-state index is 6.09. The second kappa shape index (κ2) is 9.13. The van der Waals surface area contributed by atoms with E-state index < -0.39 is 0 Å². The SMILES string of the molecule is CCN(CC)c1ccc(CN=C(N)Nc2ccc(OC)c(Cl)c2)cn1. The molecule has 25 heavy (non-hydrogen) atoms. The Bertz CT molecular complexity index is 714. The van der Waals surface area contributed by atoms with Crippen molar-refractivity contribution in [2.75, 3.05) is 30.4 Å². The Morgan fingerprint density at radius 1 is 1.28 bits per heavy atom. The number of halogens is 1. The van der Waals surface area contributed by atoms with Crippen LogP contribution in [0.15, 0.2) is 41.5 Å². The molecule has 1 aromatic carbocycles. The Morgan fingerprint density at radius 3 is 2.60 bits per heavy atom. The Morgan fingerprint density at radius 2 is 2.04 bits per heavy atom. The van der Waals surface area contributed by atoms with Crippen molar-refractivity contribution in [1.29, 1.82) is 0 Å². The first kappa shape index (κ1) is 18.9. The van der Waals surface area contributed by atoms with Crippen LogP contribution >= 0.6 is 11.6 Å². The third-order valence-corrected chi connectivity index (χ3v) is 4.05. The number of nitrogens with two attached hydrogens (primary N) is 1. The molecule has 2 rings (SSSR count). The molecule has 0 saturated heterocycles. The van der Waals surface area contributed by atoms with Crippen molar-refractivity contribution in [2.24, 2.45) is 10.7 Å². The van der Waals surface area contributed by atoms with Gasteiger partial charge >= 0.3 is 0 Å². The van der Waals surface area contributed by atoms with Crippen LogP contribution in [0.5, 0.6) is 5.75 Å². The molecule has 0 bridgehead atoms. The van der Waals surface area contributed by atoms with Gasteiger partial charge in [-0.3, -0.25) is 0 Å². The zero-order valence-electron chi connectivity index (χ0n) is 14.8. The molecule has 134 valence electrons. The van der Waals surface area contributed by atoms with Crippen molar-refractivity contribution in [1.82, 2.24) is 4.98 Å². The lowest BCUT2D eigenvalue weighted by atomic mass is 10.3. The van der Waals surface area contributed by atoms with Crippen LogP contribution in [0.25, 0.3) is 0 Å². The molecule has 0 fully saturated rings. The van der Waals surface area contributed by atoms with Crippen LogP contribution in [0.3, 0.4) is 0 Å². The van der Waals surface area contributed by atoms with E-state index in [-0.39, 0.29) is 0 Å². The van der Waals surface area contributed by atoms with Crippen molar-refractivity contribution in [3.05, 3.63) is 47.1 Å². The maximum atomic E-state index is 6.09. The normalized spacial score (nSPS) is 11.3. The van der Waals surface area contributed by atoms with Gasteiger partial charge in [0.05, 0.1) is 18.7 Å². The van der Waals surface area contributed by atoms with Crippen molar-refractivity contribution < 1.29 is 4.74 Å². The molecule has 0 saturated carbocycles. The van der Waals surface area contributed by atoms with Crippen LogP contribution < -0.4 is 20.7 Å². The zero-order chi connectivity index (χ0) is 18.2. The first-order valence-electron chi connectivity index (χ1n) is 8.17. The molecule has 7 heteroatoms. The molecule has 0 unspecified atom stereocenters. The lowest BCUT2D eigenvalue weighted by molar-refractivity contribution is 0.415. The number of aliphatic imine (C=N–C) groups is 1. The van der Waals surface area contributed by atoms with Crippen molar-refractivity contribution >= 4 is 29.1 Å². The average Bonchev–Trinajstić information content (AvgIpc) is 2.62. The van der Waals surface area contributed by atoms with Crippen LogP contribution in [-0.2, 0) is 6.54 Å². The number of methoxy groups -OCH3 is 1. The second-order valence-electron chi connectivity index (χ2n) is 5.37. The number of benzene rings is 1. The van der Waals surface area contributed by atoms with Crippen LogP contribution in [0.4, 0.5) is 11.5 Å². The maximum Gasteiger partial charge on any atom is 0.193 e. The highest BCUT2D eigenvalue weighted by Gasteiger charge is 2.04. The summed E-state index contributed by atoms with van der Waals surface area (Å²) in [7, 11) is 1.57. The van der Waals surface area contributed by atoms with Gasteiger partial charge in [-0.1, -0.05) is 17.7 Å². The molecule has 6 nitrogen and oxygen atoms in total. The number of nitrogens with zero attached hydrogens (tertiary/aromatic N) is 3. The molecule has 1 aromatic heterocycles. The molecule has 0 aliphatic carbocycles. The molecule has 0 radical (unpaired) electrons. The summed E-state index contributed by atoms with van der Waals surface area (Å²) in [6.45, 7) is 6.54. The summed E-state index contributed by atoms with van der Waals surface area (Å²) < 4.78 is 5.12. The van der Waals surface area contributed by atoms with Gasteiger partial charge < -0.3 is 20.7 Å². The van der Waals surface area contributed by atoms with E-state index in [9.17, 15) is 0 Å². The van der Waals surface area contributed by atoms with Gasteiger partial charge in [-0.15, -0.1) is 0 Å².